The highest BCUT2D eigenvalue weighted by molar-refractivity contribution is 6.07. The number of pyridine rings is 2. The lowest BCUT2D eigenvalue weighted by molar-refractivity contribution is 0.0952. The van der Waals surface area contributed by atoms with Crippen molar-refractivity contribution in [3.8, 4) is 11.3 Å². The average molecular weight is 353 g/mol. The van der Waals surface area contributed by atoms with Crippen molar-refractivity contribution in [1.82, 2.24) is 15.3 Å². The highest BCUT2D eigenvalue weighted by Crippen LogP contribution is 2.24. The summed E-state index contributed by atoms with van der Waals surface area (Å²) in [5.74, 6) is -0.129. The summed E-state index contributed by atoms with van der Waals surface area (Å²) in [7, 11) is 0. The SMILES string of the molecule is Cc1cccnc1CNC(=O)c1cc(-c2ccccc2)nc2ccccc12. The predicted octanol–water partition coefficient (Wildman–Crippen LogP) is 4.54. The number of carbonyl (C=O) groups is 1. The number of para-hydroxylation sites is 1. The minimum absolute atomic E-state index is 0.129. The first-order valence-corrected chi connectivity index (χ1v) is 8.86. The summed E-state index contributed by atoms with van der Waals surface area (Å²) in [5, 5.41) is 3.84. The normalized spacial score (nSPS) is 10.7. The Balaban J connectivity index is 1.71. The van der Waals surface area contributed by atoms with E-state index in [0.717, 1.165) is 33.4 Å². The Hall–Kier alpha value is -3.53. The van der Waals surface area contributed by atoms with E-state index in [1.807, 2.05) is 79.7 Å². The van der Waals surface area contributed by atoms with Crippen molar-refractivity contribution >= 4 is 16.8 Å². The average Bonchev–Trinajstić information content (AvgIpc) is 2.73. The molecule has 0 unspecified atom stereocenters. The van der Waals surface area contributed by atoms with Gasteiger partial charge in [-0.3, -0.25) is 9.78 Å². The number of nitrogens with one attached hydrogen (secondary N) is 1. The summed E-state index contributed by atoms with van der Waals surface area (Å²) in [5.41, 5.74) is 5.12. The third-order valence-corrected chi connectivity index (χ3v) is 4.56. The number of benzene rings is 2. The van der Waals surface area contributed by atoms with Gasteiger partial charge >= 0.3 is 0 Å². The molecule has 27 heavy (non-hydrogen) atoms. The van der Waals surface area contributed by atoms with Crippen molar-refractivity contribution in [2.45, 2.75) is 13.5 Å². The third kappa shape index (κ3) is 3.55. The molecule has 1 N–H and O–H groups in total. The van der Waals surface area contributed by atoms with Gasteiger partial charge in [0.2, 0.25) is 0 Å². The van der Waals surface area contributed by atoms with Crippen LogP contribution < -0.4 is 5.32 Å². The van der Waals surface area contributed by atoms with Gasteiger partial charge in [0.25, 0.3) is 5.91 Å². The molecule has 0 saturated carbocycles. The van der Waals surface area contributed by atoms with E-state index in [0.29, 0.717) is 12.1 Å². The van der Waals surface area contributed by atoms with E-state index in [-0.39, 0.29) is 5.91 Å². The molecule has 4 heteroatoms. The highest BCUT2D eigenvalue weighted by atomic mass is 16.1. The van der Waals surface area contributed by atoms with E-state index >= 15 is 0 Å². The van der Waals surface area contributed by atoms with Crippen molar-refractivity contribution in [3.63, 3.8) is 0 Å². The van der Waals surface area contributed by atoms with Crippen molar-refractivity contribution in [2.75, 3.05) is 0 Å². The molecule has 1 amide bonds. The van der Waals surface area contributed by atoms with Crippen molar-refractivity contribution in [2.24, 2.45) is 0 Å². The van der Waals surface area contributed by atoms with E-state index < -0.39 is 0 Å². The molecule has 0 spiro atoms. The number of aromatic nitrogens is 2. The maximum absolute atomic E-state index is 13.0. The first-order chi connectivity index (χ1) is 13.2. The molecule has 0 radical (unpaired) electrons. The van der Waals surface area contributed by atoms with Crippen LogP contribution >= 0.6 is 0 Å². The van der Waals surface area contributed by atoms with Gasteiger partial charge in [0.1, 0.15) is 0 Å². The van der Waals surface area contributed by atoms with Crippen LogP contribution in [0.15, 0.2) is 79.0 Å². The van der Waals surface area contributed by atoms with Gasteiger partial charge in [0, 0.05) is 17.1 Å². The summed E-state index contributed by atoms with van der Waals surface area (Å²) < 4.78 is 0. The maximum Gasteiger partial charge on any atom is 0.252 e. The van der Waals surface area contributed by atoms with Gasteiger partial charge in [-0.1, -0.05) is 54.6 Å². The summed E-state index contributed by atoms with van der Waals surface area (Å²) >= 11 is 0. The number of nitrogens with zero attached hydrogens (tertiary/aromatic N) is 2. The topological polar surface area (TPSA) is 54.9 Å². The Bertz CT molecular complexity index is 1110. The number of amides is 1. The Morgan fingerprint density at radius 3 is 2.56 bits per heavy atom. The van der Waals surface area contributed by atoms with Crippen LogP contribution in [-0.4, -0.2) is 15.9 Å². The summed E-state index contributed by atoms with van der Waals surface area (Å²) in [4.78, 5) is 22.0. The van der Waals surface area contributed by atoms with Crippen LogP contribution in [0.5, 0.6) is 0 Å². The molecule has 0 atom stereocenters. The lowest BCUT2D eigenvalue weighted by Crippen LogP contribution is -2.24. The molecule has 4 rings (SSSR count). The molecule has 0 aliphatic carbocycles. The van der Waals surface area contributed by atoms with Gasteiger partial charge in [-0.25, -0.2) is 4.98 Å². The molecular formula is C23H19N3O. The minimum Gasteiger partial charge on any atom is -0.346 e. The van der Waals surface area contributed by atoms with Crippen LogP contribution in [0.25, 0.3) is 22.2 Å². The first kappa shape index (κ1) is 16.9. The number of rotatable bonds is 4. The molecule has 4 nitrogen and oxygen atoms in total. The van der Waals surface area contributed by atoms with E-state index in [9.17, 15) is 4.79 Å². The monoisotopic (exact) mass is 353 g/mol. The molecule has 0 aliphatic heterocycles. The van der Waals surface area contributed by atoms with Gasteiger partial charge in [0.05, 0.1) is 29.0 Å². The lowest BCUT2D eigenvalue weighted by Gasteiger charge is -2.11. The fourth-order valence-electron chi connectivity index (χ4n) is 3.08. The van der Waals surface area contributed by atoms with Gasteiger partial charge in [-0.05, 0) is 30.7 Å². The van der Waals surface area contributed by atoms with E-state index in [1.54, 1.807) is 6.20 Å². The molecule has 0 aliphatic rings. The molecule has 2 heterocycles. The Morgan fingerprint density at radius 1 is 0.963 bits per heavy atom. The van der Waals surface area contributed by atoms with E-state index in [1.165, 1.54) is 0 Å². The van der Waals surface area contributed by atoms with Gasteiger partial charge in [-0.2, -0.15) is 0 Å². The van der Waals surface area contributed by atoms with E-state index in [2.05, 4.69) is 10.3 Å². The maximum atomic E-state index is 13.0. The van der Waals surface area contributed by atoms with Gasteiger partial charge < -0.3 is 5.32 Å². The summed E-state index contributed by atoms with van der Waals surface area (Å²) in [6.45, 7) is 2.38. The zero-order valence-electron chi connectivity index (χ0n) is 15.0. The van der Waals surface area contributed by atoms with Crippen LogP contribution in [0.2, 0.25) is 0 Å². The zero-order chi connectivity index (χ0) is 18.6. The minimum atomic E-state index is -0.129. The quantitative estimate of drug-likeness (QED) is 0.586. The fraction of sp³-hybridized carbons (Fsp3) is 0.0870. The lowest BCUT2D eigenvalue weighted by atomic mass is 10.0. The molecule has 4 aromatic rings. The second kappa shape index (κ2) is 7.38. The third-order valence-electron chi connectivity index (χ3n) is 4.56. The molecular weight excluding hydrogens is 334 g/mol. The van der Waals surface area contributed by atoms with Crippen LogP contribution in [0.3, 0.4) is 0 Å². The van der Waals surface area contributed by atoms with Crippen LogP contribution in [0.4, 0.5) is 0 Å². The summed E-state index contributed by atoms with van der Waals surface area (Å²) in [6, 6.07) is 23.4. The smallest absolute Gasteiger partial charge is 0.252 e. The molecule has 0 saturated heterocycles. The summed E-state index contributed by atoms with van der Waals surface area (Å²) in [6.07, 6.45) is 1.74. The predicted molar refractivity (Wildman–Crippen MR) is 107 cm³/mol. The molecule has 2 aromatic heterocycles. The standard InChI is InChI=1S/C23H19N3O/c1-16-8-7-13-24-22(16)15-25-23(27)19-14-21(17-9-3-2-4-10-17)26-20-12-6-5-11-18(19)20/h2-14H,15H2,1H3,(H,25,27). The highest BCUT2D eigenvalue weighted by Gasteiger charge is 2.14. The fourth-order valence-corrected chi connectivity index (χ4v) is 3.08. The van der Waals surface area contributed by atoms with Gasteiger partial charge in [-0.15, -0.1) is 0 Å². The number of hydrogen-bond acceptors (Lipinski definition) is 3. The van der Waals surface area contributed by atoms with Crippen LogP contribution in [-0.2, 0) is 6.54 Å². The Morgan fingerprint density at radius 2 is 1.74 bits per heavy atom. The largest absolute Gasteiger partial charge is 0.346 e. The van der Waals surface area contributed by atoms with Crippen LogP contribution in [0, 0.1) is 6.92 Å². The second-order valence-corrected chi connectivity index (χ2v) is 6.39. The number of aryl methyl sites for hydroxylation is 1. The molecule has 2 aromatic carbocycles. The van der Waals surface area contributed by atoms with Gasteiger partial charge in [0.15, 0.2) is 0 Å². The number of fused-ring (bicyclic) bond motifs is 1. The number of carbonyl (C=O) groups excluding carboxylic acids is 1. The second-order valence-electron chi connectivity index (χ2n) is 6.39. The first-order valence-electron chi connectivity index (χ1n) is 8.86. The molecule has 0 fully saturated rings. The molecule has 0 bridgehead atoms. The van der Waals surface area contributed by atoms with Crippen molar-refractivity contribution < 1.29 is 4.79 Å². The van der Waals surface area contributed by atoms with E-state index in [4.69, 9.17) is 4.98 Å². The van der Waals surface area contributed by atoms with Crippen molar-refractivity contribution in [1.29, 1.82) is 0 Å². The van der Waals surface area contributed by atoms with Crippen LogP contribution in [0.1, 0.15) is 21.6 Å². The Kier molecular flexibility index (Phi) is 4.62. The van der Waals surface area contributed by atoms with Crippen molar-refractivity contribution in [3.05, 3.63) is 95.8 Å². The molecule has 132 valence electrons. The Labute approximate surface area is 157 Å². The number of hydrogen-bond donors (Lipinski definition) is 1. The zero-order valence-corrected chi connectivity index (χ0v) is 15.0.